The Morgan fingerprint density at radius 3 is 2.88 bits per heavy atom. The Balaban J connectivity index is 2.50. The number of hydrogen-bond donors (Lipinski definition) is 1. The fourth-order valence-electron chi connectivity index (χ4n) is 1.49. The van der Waals surface area contributed by atoms with Crippen molar-refractivity contribution < 1.29 is 9.21 Å². The lowest BCUT2D eigenvalue weighted by Crippen LogP contribution is -2.23. The molecule has 0 saturated heterocycles. The van der Waals surface area contributed by atoms with Crippen LogP contribution in [0.4, 0.5) is 0 Å². The molecule has 0 saturated carbocycles. The molecule has 2 rings (SSSR count). The van der Waals surface area contributed by atoms with Crippen molar-refractivity contribution in [3.05, 3.63) is 46.3 Å². The van der Waals surface area contributed by atoms with E-state index in [0.717, 1.165) is 5.39 Å². The lowest BCUT2D eigenvalue weighted by molar-refractivity contribution is -0.119. The van der Waals surface area contributed by atoms with Gasteiger partial charge >= 0.3 is 5.63 Å². The van der Waals surface area contributed by atoms with Crippen LogP contribution in [0, 0.1) is 0 Å². The zero-order valence-corrected chi connectivity index (χ0v) is 8.82. The number of fused-ring (bicyclic) bond motifs is 1. The summed E-state index contributed by atoms with van der Waals surface area (Å²) in [5, 5.41) is 3.29. The van der Waals surface area contributed by atoms with Crippen LogP contribution < -0.4 is 10.9 Å². The molecule has 1 heterocycles. The van der Waals surface area contributed by atoms with E-state index < -0.39 is 5.63 Å². The average Bonchev–Trinajstić information content (AvgIpc) is 2.30. The third kappa shape index (κ3) is 1.95. The molecule has 0 spiro atoms. The maximum atomic E-state index is 11.5. The maximum Gasteiger partial charge on any atom is 0.339 e. The quantitative estimate of drug-likeness (QED) is 0.766. The summed E-state index contributed by atoms with van der Waals surface area (Å²) in [4.78, 5) is 22.7. The van der Waals surface area contributed by atoms with E-state index in [4.69, 9.17) is 4.42 Å². The molecule has 16 heavy (non-hydrogen) atoms. The Kier molecular flexibility index (Phi) is 2.72. The van der Waals surface area contributed by atoms with E-state index in [-0.39, 0.29) is 12.3 Å². The Labute approximate surface area is 91.9 Å². The topological polar surface area (TPSA) is 59.3 Å². The molecular weight excluding hydrogens is 206 g/mol. The first-order valence-electron chi connectivity index (χ1n) is 4.93. The molecule has 1 aromatic heterocycles. The van der Waals surface area contributed by atoms with Crippen LogP contribution in [-0.2, 0) is 11.2 Å². The smallest absolute Gasteiger partial charge is 0.339 e. The Morgan fingerprint density at radius 2 is 2.12 bits per heavy atom. The minimum absolute atomic E-state index is 0.0453. The molecule has 0 radical (unpaired) electrons. The molecule has 0 bridgehead atoms. The fourth-order valence-corrected chi connectivity index (χ4v) is 1.49. The Hall–Kier alpha value is -2.10. The predicted octanol–water partition coefficient (Wildman–Crippen LogP) is 1.08. The number of likely N-dealkylation sites (N-methyl/N-ethyl adjacent to an activating group) is 1. The summed E-state index contributed by atoms with van der Waals surface area (Å²) in [6, 6.07) is 8.90. The number of amides is 1. The van der Waals surface area contributed by atoms with Crippen molar-refractivity contribution in [2.45, 2.75) is 6.42 Å². The molecule has 4 heteroatoms. The van der Waals surface area contributed by atoms with Crippen molar-refractivity contribution in [3.8, 4) is 0 Å². The normalized spacial score (nSPS) is 10.3. The van der Waals surface area contributed by atoms with E-state index >= 15 is 0 Å². The first-order chi connectivity index (χ1) is 7.70. The molecule has 1 aromatic carbocycles. The number of nitrogens with one attached hydrogen (secondary N) is 1. The van der Waals surface area contributed by atoms with E-state index in [1.165, 1.54) is 7.05 Å². The average molecular weight is 217 g/mol. The van der Waals surface area contributed by atoms with Crippen molar-refractivity contribution in [2.75, 3.05) is 7.05 Å². The van der Waals surface area contributed by atoms with Crippen LogP contribution in [0.3, 0.4) is 0 Å². The summed E-state index contributed by atoms with van der Waals surface area (Å²) in [6.07, 6.45) is 0.0453. The van der Waals surface area contributed by atoms with Crippen LogP contribution in [0.25, 0.3) is 11.0 Å². The summed E-state index contributed by atoms with van der Waals surface area (Å²) in [7, 11) is 1.53. The number of benzene rings is 1. The van der Waals surface area contributed by atoms with Crippen molar-refractivity contribution >= 4 is 16.9 Å². The van der Waals surface area contributed by atoms with Gasteiger partial charge in [-0.2, -0.15) is 0 Å². The summed E-state index contributed by atoms with van der Waals surface area (Å²) in [5.74, 6) is -0.206. The summed E-state index contributed by atoms with van der Waals surface area (Å²) >= 11 is 0. The van der Waals surface area contributed by atoms with Crippen molar-refractivity contribution in [2.24, 2.45) is 0 Å². The van der Waals surface area contributed by atoms with Crippen LogP contribution in [-0.4, -0.2) is 13.0 Å². The molecule has 0 aliphatic rings. The van der Waals surface area contributed by atoms with Crippen LogP contribution in [0.5, 0.6) is 0 Å². The van der Waals surface area contributed by atoms with Gasteiger partial charge in [0.2, 0.25) is 5.91 Å². The second-order valence-electron chi connectivity index (χ2n) is 3.45. The summed E-state index contributed by atoms with van der Waals surface area (Å²) < 4.78 is 5.10. The van der Waals surface area contributed by atoms with Crippen LogP contribution >= 0.6 is 0 Å². The van der Waals surface area contributed by atoms with Crippen LogP contribution in [0.1, 0.15) is 5.56 Å². The first kappa shape index (κ1) is 10.4. The minimum atomic E-state index is -0.456. The van der Waals surface area contributed by atoms with E-state index in [1.807, 2.05) is 12.1 Å². The third-order valence-electron chi connectivity index (χ3n) is 2.34. The van der Waals surface area contributed by atoms with Gasteiger partial charge in [-0.3, -0.25) is 4.79 Å². The van der Waals surface area contributed by atoms with Crippen LogP contribution in [0.2, 0.25) is 0 Å². The Morgan fingerprint density at radius 1 is 1.38 bits per heavy atom. The largest absolute Gasteiger partial charge is 0.423 e. The van der Waals surface area contributed by atoms with Gasteiger partial charge in [0.1, 0.15) is 5.58 Å². The molecular formula is C12H11NO3. The lowest BCUT2D eigenvalue weighted by Gasteiger charge is -2.01. The van der Waals surface area contributed by atoms with Gasteiger partial charge in [0.25, 0.3) is 0 Å². The molecule has 0 unspecified atom stereocenters. The van der Waals surface area contributed by atoms with Crippen molar-refractivity contribution in [1.82, 2.24) is 5.32 Å². The lowest BCUT2D eigenvalue weighted by atomic mass is 10.1. The highest BCUT2D eigenvalue weighted by Crippen LogP contribution is 2.12. The SMILES string of the molecule is CNC(=O)Cc1cc2ccccc2oc1=O. The zero-order valence-electron chi connectivity index (χ0n) is 8.82. The van der Waals surface area contributed by atoms with E-state index in [0.29, 0.717) is 11.1 Å². The third-order valence-corrected chi connectivity index (χ3v) is 2.34. The maximum absolute atomic E-state index is 11.5. The van der Waals surface area contributed by atoms with Gasteiger partial charge in [-0.1, -0.05) is 18.2 Å². The summed E-state index contributed by atoms with van der Waals surface area (Å²) in [6.45, 7) is 0. The van der Waals surface area contributed by atoms with E-state index in [9.17, 15) is 9.59 Å². The molecule has 4 nitrogen and oxygen atoms in total. The highest BCUT2D eigenvalue weighted by atomic mass is 16.4. The second-order valence-corrected chi connectivity index (χ2v) is 3.45. The van der Waals surface area contributed by atoms with E-state index in [1.54, 1.807) is 18.2 Å². The Bertz CT molecular complexity index is 586. The molecule has 2 aromatic rings. The highest BCUT2D eigenvalue weighted by molar-refractivity contribution is 5.81. The standard InChI is InChI=1S/C12H11NO3/c1-13-11(14)7-9-6-8-4-2-3-5-10(8)16-12(9)15/h2-6H,7H2,1H3,(H,13,14). The predicted molar refractivity (Wildman–Crippen MR) is 60.3 cm³/mol. The van der Waals surface area contributed by atoms with Gasteiger partial charge in [0, 0.05) is 18.0 Å². The van der Waals surface area contributed by atoms with Crippen LogP contribution in [0.15, 0.2) is 39.5 Å². The molecule has 1 amide bonds. The highest BCUT2D eigenvalue weighted by Gasteiger charge is 2.08. The number of carbonyl (C=O) groups is 1. The van der Waals surface area contributed by atoms with Crippen molar-refractivity contribution in [3.63, 3.8) is 0 Å². The van der Waals surface area contributed by atoms with E-state index in [2.05, 4.69) is 5.32 Å². The molecule has 0 fully saturated rings. The molecule has 0 aliphatic carbocycles. The van der Waals surface area contributed by atoms with Crippen molar-refractivity contribution in [1.29, 1.82) is 0 Å². The minimum Gasteiger partial charge on any atom is -0.423 e. The van der Waals surface area contributed by atoms with Gasteiger partial charge in [0.15, 0.2) is 0 Å². The number of rotatable bonds is 2. The molecule has 82 valence electrons. The molecule has 0 atom stereocenters. The summed E-state index contributed by atoms with van der Waals surface area (Å²) in [5.41, 5.74) is 0.452. The van der Waals surface area contributed by atoms with Gasteiger partial charge < -0.3 is 9.73 Å². The zero-order chi connectivity index (χ0) is 11.5. The number of hydrogen-bond acceptors (Lipinski definition) is 3. The van der Waals surface area contributed by atoms with Gasteiger partial charge in [-0.15, -0.1) is 0 Å². The molecule has 0 aliphatic heterocycles. The van der Waals surface area contributed by atoms with Gasteiger partial charge in [0.05, 0.1) is 6.42 Å². The first-order valence-corrected chi connectivity index (χ1v) is 4.93. The van der Waals surface area contributed by atoms with Gasteiger partial charge in [-0.05, 0) is 12.1 Å². The van der Waals surface area contributed by atoms with Gasteiger partial charge in [-0.25, -0.2) is 4.79 Å². The molecule has 1 N–H and O–H groups in total. The number of para-hydroxylation sites is 1. The second kappa shape index (κ2) is 4.18. The fraction of sp³-hybridized carbons (Fsp3) is 0.167. The monoisotopic (exact) mass is 217 g/mol. The number of carbonyl (C=O) groups excluding carboxylic acids is 1.